The molecule has 1 fully saturated rings. The highest BCUT2D eigenvalue weighted by atomic mass is 32.1. The van der Waals surface area contributed by atoms with E-state index < -0.39 is 0 Å². The molecule has 1 saturated heterocycles. The van der Waals surface area contributed by atoms with Crippen LogP contribution in [-0.2, 0) is 11.2 Å². The number of nitrogens with zero attached hydrogens (tertiary/aromatic N) is 3. The quantitative estimate of drug-likeness (QED) is 0.865. The summed E-state index contributed by atoms with van der Waals surface area (Å²) >= 11 is 1.64. The average molecular weight is 329 g/mol. The Morgan fingerprint density at radius 3 is 2.52 bits per heavy atom. The van der Waals surface area contributed by atoms with Gasteiger partial charge < -0.3 is 9.80 Å². The lowest BCUT2D eigenvalue weighted by Gasteiger charge is -2.34. The van der Waals surface area contributed by atoms with Gasteiger partial charge in [0.2, 0.25) is 5.91 Å². The first-order chi connectivity index (χ1) is 11.2. The molecule has 2 heterocycles. The molecule has 1 aliphatic rings. The Morgan fingerprint density at radius 1 is 1.17 bits per heavy atom. The smallest absolute Gasteiger partial charge is 0.227 e. The second kappa shape index (κ2) is 7.23. The van der Waals surface area contributed by atoms with E-state index in [0.717, 1.165) is 53.9 Å². The predicted molar refractivity (Wildman–Crippen MR) is 94.7 cm³/mol. The fraction of sp³-hybridized carbons (Fsp3) is 0.444. The van der Waals surface area contributed by atoms with Crippen molar-refractivity contribution in [3.63, 3.8) is 0 Å². The summed E-state index contributed by atoms with van der Waals surface area (Å²) in [5.41, 5.74) is 2.10. The molecule has 23 heavy (non-hydrogen) atoms. The van der Waals surface area contributed by atoms with Crippen LogP contribution < -0.4 is 0 Å². The Morgan fingerprint density at radius 2 is 1.87 bits per heavy atom. The van der Waals surface area contributed by atoms with E-state index in [-0.39, 0.29) is 5.91 Å². The molecule has 1 aromatic carbocycles. The molecule has 0 atom stereocenters. The van der Waals surface area contributed by atoms with Crippen molar-refractivity contribution in [3.8, 4) is 10.6 Å². The summed E-state index contributed by atoms with van der Waals surface area (Å²) in [6, 6.07) is 10.2. The molecule has 0 bridgehead atoms. The van der Waals surface area contributed by atoms with Crippen LogP contribution in [0.5, 0.6) is 0 Å². The SMILES string of the molecule is CCN1CCN(C(=O)Cc2sc(-c3ccccc3)nc2C)CC1. The van der Waals surface area contributed by atoms with Crippen molar-refractivity contribution in [1.82, 2.24) is 14.8 Å². The van der Waals surface area contributed by atoms with Crippen LogP contribution >= 0.6 is 11.3 Å². The number of hydrogen-bond acceptors (Lipinski definition) is 4. The van der Waals surface area contributed by atoms with Gasteiger partial charge in [0.25, 0.3) is 0 Å². The summed E-state index contributed by atoms with van der Waals surface area (Å²) < 4.78 is 0. The van der Waals surface area contributed by atoms with E-state index in [2.05, 4.69) is 28.9 Å². The van der Waals surface area contributed by atoms with Gasteiger partial charge in [0.15, 0.2) is 0 Å². The Bertz CT molecular complexity index is 660. The van der Waals surface area contributed by atoms with Crippen molar-refractivity contribution < 1.29 is 4.79 Å². The van der Waals surface area contributed by atoms with Crippen molar-refractivity contribution in [3.05, 3.63) is 40.9 Å². The minimum absolute atomic E-state index is 0.229. The summed E-state index contributed by atoms with van der Waals surface area (Å²) in [6.07, 6.45) is 0.475. The molecule has 0 saturated carbocycles. The number of benzene rings is 1. The first-order valence-corrected chi connectivity index (χ1v) is 9.01. The summed E-state index contributed by atoms with van der Waals surface area (Å²) in [4.78, 5) is 22.7. The number of carbonyl (C=O) groups excluding carboxylic acids is 1. The predicted octanol–water partition coefficient (Wildman–Crippen LogP) is 2.83. The van der Waals surface area contributed by atoms with Crippen LogP contribution in [0.4, 0.5) is 0 Å². The molecule has 122 valence electrons. The monoisotopic (exact) mass is 329 g/mol. The maximum Gasteiger partial charge on any atom is 0.227 e. The van der Waals surface area contributed by atoms with Crippen molar-refractivity contribution in [2.24, 2.45) is 0 Å². The van der Waals surface area contributed by atoms with Crippen LogP contribution in [0.3, 0.4) is 0 Å². The molecule has 2 aromatic rings. The van der Waals surface area contributed by atoms with Crippen LogP contribution in [0.1, 0.15) is 17.5 Å². The number of aryl methyl sites for hydroxylation is 1. The van der Waals surface area contributed by atoms with Gasteiger partial charge >= 0.3 is 0 Å². The summed E-state index contributed by atoms with van der Waals surface area (Å²) in [7, 11) is 0. The Kier molecular flexibility index (Phi) is 5.08. The average Bonchev–Trinajstić information content (AvgIpc) is 2.96. The minimum Gasteiger partial charge on any atom is -0.340 e. The van der Waals surface area contributed by atoms with E-state index in [1.807, 2.05) is 30.0 Å². The summed E-state index contributed by atoms with van der Waals surface area (Å²) in [5, 5.41) is 1.00. The lowest BCUT2D eigenvalue weighted by Crippen LogP contribution is -2.48. The number of hydrogen-bond donors (Lipinski definition) is 0. The molecule has 0 radical (unpaired) electrons. The molecule has 1 amide bonds. The van der Waals surface area contributed by atoms with Gasteiger partial charge in [0, 0.05) is 36.6 Å². The molecule has 5 heteroatoms. The van der Waals surface area contributed by atoms with Gasteiger partial charge in [0.05, 0.1) is 12.1 Å². The molecule has 1 aliphatic heterocycles. The standard InChI is InChI=1S/C18H23N3OS/c1-3-20-9-11-21(12-10-20)17(22)13-16-14(2)19-18(23-16)15-7-5-4-6-8-15/h4-8H,3,9-13H2,1-2H3. The zero-order valence-corrected chi connectivity index (χ0v) is 14.6. The fourth-order valence-corrected chi connectivity index (χ4v) is 3.92. The van der Waals surface area contributed by atoms with Crippen LogP contribution in [0, 0.1) is 6.92 Å². The van der Waals surface area contributed by atoms with Crippen molar-refractivity contribution in [2.45, 2.75) is 20.3 Å². The Balaban J connectivity index is 1.66. The maximum atomic E-state index is 12.5. The highest BCUT2D eigenvalue weighted by molar-refractivity contribution is 7.15. The van der Waals surface area contributed by atoms with Crippen molar-refractivity contribution >= 4 is 17.2 Å². The van der Waals surface area contributed by atoms with Crippen LogP contribution in [-0.4, -0.2) is 53.4 Å². The molecule has 4 nitrogen and oxygen atoms in total. The first kappa shape index (κ1) is 16.1. The third-order valence-corrected chi connectivity index (χ3v) is 5.60. The molecule has 3 rings (SSSR count). The van der Waals surface area contributed by atoms with Gasteiger partial charge in [-0.1, -0.05) is 37.3 Å². The van der Waals surface area contributed by atoms with E-state index in [1.54, 1.807) is 11.3 Å². The van der Waals surface area contributed by atoms with Gasteiger partial charge in [-0.05, 0) is 13.5 Å². The number of carbonyl (C=O) groups is 1. The van der Waals surface area contributed by atoms with E-state index >= 15 is 0 Å². The van der Waals surface area contributed by atoms with Crippen molar-refractivity contribution in [2.75, 3.05) is 32.7 Å². The number of aromatic nitrogens is 1. The lowest BCUT2D eigenvalue weighted by atomic mass is 10.2. The molecular weight excluding hydrogens is 306 g/mol. The molecular formula is C18H23N3OS. The third-order valence-electron chi connectivity index (χ3n) is 4.40. The summed E-state index contributed by atoms with van der Waals surface area (Å²) in [6.45, 7) is 8.89. The van der Waals surface area contributed by atoms with Gasteiger partial charge in [-0.15, -0.1) is 11.3 Å². The maximum absolute atomic E-state index is 12.5. The Labute approximate surface area is 141 Å². The third kappa shape index (κ3) is 3.79. The van der Waals surface area contributed by atoms with Gasteiger partial charge in [-0.3, -0.25) is 4.79 Å². The van der Waals surface area contributed by atoms with E-state index in [9.17, 15) is 4.79 Å². The molecule has 1 aromatic heterocycles. The largest absolute Gasteiger partial charge is 0.340 e. The Hall–Kier alpha value is -1.72. The molecule has 0 spiro atoms. The van der Waals surface area contributed by atoms with E-state index in [4.69, 9.17) is 0 Å². The number of thiazole rings is 1. The van der Waals surface area contributed by atoms with Gasteiger partial charge in [0.1, 0.15) is 5.01 Å². The highest BCUT2D eigenvalue weighted by Crippen LogP contribution is 2.28. The number of rotatable bonds is 4. The van der Waals surface area contributed by atoms with Crippen LogP contribution in [0.2, 0.25) is 0 Å². The van der Waals surface area contributed by atoms with Crippen LogP contribution in [0.25, 0.3) is 10.6 Å². The number of amides is 1. The fourth-order valence-electron chi connectivity index (χ4n) is 2.86. The second-order valence-electron chi connectivity index (χ2n) is 5.89. The molecule has 0 N–H and O–H groups in total. The zero-order valence-electron chi connectivity index (χ0n) is 13.8. The van der Waals surface area contributed by atoms with Gasteiger partial charge in [-0.25, -0.2) is 4.98 Å². The van der Waals surface area contributed by atoms with Crippen molar-refractivity contribution in [1.29, 1.82) is 0 Å². The minimum atomic E-state index is 0.229. The summed E-state index contributed by atoms with van der Waals surface area (Å²) in [5.74, 6) is 0.229. The number of likely N-dealkylation sites (N-methyl/N-ethyl adjacent to an activating group) is 1. The topological polar surface area (TPSA) is 36.4 Å². The van der Waals surface area contributed by atoms with E-state index in [0.29, 0.717) is 6.42 Å². The molecule has 0 aliphatic carbocycles. The normalized spacial score (nSPS) is 15.8. The lowest BCUT2D eigenvalue weighted by molar-refractivity contribution is -0.132. The van der Waals surface area contributed by atoms with Crippen LogP contribution in [0.15, 0.2) is 30.3 Å². The number of piperazine rings is 1. The zero-order chi connectivity index (χ0) is 16.2. The second-order valence-corrected chi connectivity index (χ2v) is 6.97. The highest BCUT2D eigenvalue weighted by Gasteiger charge is 2.22. The first-order valence-electron chi connectivity index (χ1n) is 8.19. The molecule has 0 unspecified atom stereocenters. The van der Waals surface area contributed by atoms with Gasteiger partial charge in [-0.2, -0.15) is 0 Å². The van der Waals surface area contributed by atoms with E-state index in [1.165, 1.54) is 0 Å².